The molecular formula is C17H20N2O4S. The highest BCUT2D eigenvalue weighted by molar-refractivity contribution is 7.90. The van der Waals surface area contributed by atoms with Crippen LogP contribution in [0.5, 0.6) is 5.75 Å². The molecule has 7 heteroatoms. The van der Waals surface area contributed by atoms with Crippen LogP contribution in [0.25, 0.3) is 0 Å². The Balaban J connectivity index is 2.11. The summed E-state index contributed by atoms with van der Waals surface area (Å²) < 4.78 is 30.9. The Morgan fingerprint density at radius 3 is 2.38 bits per heavy atom. The number of benzene rings is 2. The summed E-state index contributed by atoms with van der Waals surface area (Å²) in [4.78, 5) is 11.9. The lowest BCUT2D eigenvalue weighted by Crippen LogP contribution is -2.30. The van der Waals surface area contributed by atoms with E-state index in [4.69, 9.17) is 4.74 Å². The van der Waals surface area contributed by atoms with Crippen molar-refractivity contribution in [2.24, 2.45) is 0 Å². The van der Waals surface area contributed by atoms with Crippen LogP contribution in [0.1, 0.15) is 18.6 Å². The first-order chi connectivity index (χ1) is 11.4. The standard InChI is InChI=1S/C17H20N2O4S/c1-13(14-8-4-3-5-9-14)23-16-11-7-6-10-15(16)19-17(20)12-24(21,22)18-2/h3-11,13,18H,12H2,1-2H3,(H,19,20)/t13-/m0/s1. The molecule has 0 saturated heterocycles. The van der Waals surface area contributed by atoms with Crippen molar-refractivity contribution in [3.8, 4) is 5.75 Å². The zero-order valence-corrected chi connectivity index (χ0v) is 14.3. The van der Waals surface area contributed by atoms with Gasteiger partial charge in [-0.1, -0.05) is 42.5 Å². The van der Waals surface area contributed by atoms with Gasteiger partial charge in [0.2, 0.25) is 15.9 Å². The maximum atomic E-state index is 11.9. The van der Waals surface area contributed by atoms with Crippen molar-refractivity contribution in [3.63, 3.8) is 0 Å². The Hall–Kier alpha value is -2.38. The van der Waals surface area contributed by atoms with E-state index in [1.54, 1.807) is 24.3 Å². The van der Waals surface area contributed by atoms with Crippen molar-refractivity contribution in [3.05, 3.63) is 60.2 Å². The van der Waals surface area contributed by atoms with Gasteiger partial charge in [0.05, 0.1) is 5.69 Å². The molecule has 24 heavy (non-hydrogen) atoms. The molecule has 1 amide bonds. The van der Waals surface area contributed by atoms with Gasteiger partial charge in [0.15, 0.2) is 0 Å². The van der Waals surface area contributed by atoms with Crippen LogP contribution in [0.3, 0.4) is 0 Å². The molecule has 0 radical (unpaired) electrons. The molecule has 0 heterocycles. The van der Waals surface area contributed by atoms with E-state index in [0.717, 1.165) is 5.56 Å². The van der Waals surface area contributed by atoms with Crippen LogP contribution in [0.4, 0.5) is 5.69 Å². The van der Waals surface area contributed by atoms with Crippen molar-refractivity contribution in [2.45, 2.75) is 13.0 Å². The lowest BCUT2D eigenvalue weighted by Gasteiger charge is -2.18. The molecule has 6 nitrogen and oxygen atoms in total. The molecule has 2 rings (SSSR count). The van der Waals surface area contributed by atoms with Gasteiger partial charge in [-0.25, -0.2) is 13.1 Å². The molecular weight excluding hydrogens is 328 g/mol. The van der Waals surface area contributed by atoms with Crippen LogP contribution >= 0.6 is 0 Å². The minimum absolute atomic E-state index is 0.217. The second-order valence-electron chi connectivity index (χ2n) is 5.18. The number of rotatable bonds is 7. The van der Waals surface area contributed by atoms with E-state index in [1.807, 2.05) is 37.3 Å². The first-order valence-electron chi connectivity index (χ1n) is 7.43. The average Bonchev–Trinajstić information content (AvgIpc) is 2.57. The molecule has 0 aromatic heterocycles. The highest BCUT2D eigenvalue weighted by Gasteiger charge is 2.16. The zero-order valence-electron chi connectivity index (χ0n) is 13.5. The molecule has 0 fully saturated rings. The molecule has 2 N–H and O–H groups in total. The van der Waals surface area contributed by atoms with E-state index >= 15 is 0 Å². The van der Waals surface area contributed by atoms with Gasteiger partial charge < -0.3 is 10.1 Å². The molecule has 1 atom stereocenters. The van der Waals surface area contributed by atoms with E-state index in [0.29, 0.717) is 11.4 Å². The van der Waals surface area contributed by atoms with Crippen LogP contribution in [0.2, 0.25) is 0 Å². The molecule has 2 aromatic carbocycles. The van der Waals surface area contributed by atoms with Crippen LogP contribution in [0, 0.1) is 0 Å². The number of hydrogen-bond donors (Lipinski definition) is 2. The highest BCUT2D eigenvalue weighted by atomic mass is 32.2. The first kappa shape index (κ1) is 18.0. The van der Waals surface area contributed by atoms with E-state index in [2.05, 4.69) is 10.0 Å². The summed E-state index contributed by atoms with van der Waals surface area (Å²) in [5.74, 6) is -0.802. The zero-order chi connectivity index (χ0) is 17.6. The third-order valence-corrected chi connectivity index (χ3v) is 4.63. The second kappa shape index (κ2) is 7.94. The smallest absolute Gasteiger partial charge is 0.241 e. The average molecular weight is 348 g/mol. The number of ether oxygens (including phenoxy) is 1. The van der Waals surface area contributed by atoms with Gasteiger partial charge in [-0.2, -0.15) is 0 Å². The SMILES string of the molecule is CNS(=O)(=O)CC(=O)Nc1ccccc1O[C@@H](C)c1ccccc1. The molecule has 0 bridgehead atoms. The predicted octanol–water partition coefficient (Wildman–Crippen LogP) is 2.31. The lowest BCUT2D eigenvalue weighted by atomic mass is 10.1. The summed E-state index contributed by atoms with van der Waals surface area (Å²) in [6.45, 7) is 1.90. The second-order valence-corrected chi connectivity index (χ2v) is 7.10. The summed E-state index contributed by atoms with van der Waals surface area (Å²) in [5, 5.41) is 2.57. The minimum atomic E-state index is -3.62. The van der Waals surface area contributed by atoms with E-state index in [1.165, 1.54) is 7.05 Å². The summed E-state index contributed by atoms with van der Waals surface area (Å²) in [5.41, 5.74) is 1.42. The monoisotopic (exact) mass is 348 g/mol. The Morgan fingerprint density at radius 1 is 1.08 bits per heavy atom. The van der Waals surface area contributed by atoms with Crippen molar-refractivity contribution in [2.75, 3.05) is 18.1 Å². The van der Waals surface area contributed by atoms with Gasteiger partial charge in [0, 0.05) is 0 Å². The van der Waals surface area contributed by atoms with E-state index in [-0.39, 0.29) is 6.10 Å². The molecule has 0 unspecified atom stereocenters. The third kappa shape index (κ3) is 5.07. The van der Waals surface area contributed by atoms with Crippen molar-refractivity contribution in [1.82, 2.24) is 4.72 Å². The molecule has 0 spiro atoms. The van der Waals surface area contributed by atoms with Gasteiger partial charge in [-0.15, -0.1) is 0 Å². The summed E-state index contributed by atoms with van der Waals surface area (Å²) in [6.07, 6.45) is -0.217. The minimum Gasteiger partial charge on any atom is -0.484 e. The molecule has 0 aliphatic carbocycles. The highest BCUT2D eigenvalue weighted by Crippen LogP contribution is 2.29. The van der Waals surface area contributed by atoms with Gasteiger partial charge in [-0.05, 0) is 31.7 Å². The normalized spacial score (nSPS) is 12.4. The van der Waals surface area contributed by atoms with Crippen LogP contribution < -0.4 is 14.8 Å². The topological polar surface area (TPSA) is 84.5 Å². The van der Waals surface area contributed by atoms with Crippen molar-refractivity contribution < 1.29 is 17.9 Å². The molecule has 128 valence electrons. The number of sulfonamides is 1. The number of carbonyl (C=O) groups is 1. The lowest BCUT2D eigenvalue weighted by molar-refractivity contribution is -0.113. The number of para-hydroxylation sites is 2. The van der Waals surface area contributed by atoms with Crippen molar-refractivity contribution >= 4 is 21.6 Å². The number of anilines is 1. The Labute approximate surface area is 141 Å². The van der Waals surface area contributed by atoms with Crippen LogP contribution in [-0.4, -0.2) is 27.1 Å². The maximum Gasteiger partial charge on any atom is 0.241 e. The van der Waals surface area contributed by atoms with E-state index in [9.17, 15) is 13.2 Å². The summed E-state index contributed by atoms with van der Waals surface area (Å²) in [6, 6.07) is 16.6. The van der Waals surface area contributed by atoms with Gasteiger partial charge in [0.25, 0.3) is 0 Å². The van der Waals surface area contributed by atoms with Crippen LogP contribution in [0.15, 0.2) is 54.6 Å². The van der Waals surface area contributed by atoms with Gasteiger partial charge in [0.1, 0.15) is 17.6 Å². The Morgan fingerprint density at radius 2 is 1.71 bits per heavy atom. The molecule has 0 saturated carbocycles. The first-order valence-corrected chi connectivity index (χ1v) is 9.08. The largest absolute Gasteiger partial charge is 0.484 e. The number of hydrogen-bond acceptors (Lipinski definition) is 4. The Bertz CT molecular complexity index is 791. The quantitative estimate of drug-likeness (QED) is 0.804. The Kier molecular flexibility index (Phi) is 5.94. The number of carbonyl (C=O) groups excluding carboxylic acids is 1. The molecule has 0 aliphatic rings. The maximum absolute atomic E-state index is 11.9. The summed E-state index contributed by atoms with van der Waals surface area (Å²) >= 11 is 0. The fraction of sp³-hybridized carbons (Fsp3) is 0.235. The number of nitrogens with one attached hydrogen (secondary N) is 2. The predicted molar refractivity (Wildman–Crippen MR) is 93.4 cm³/mol. The van der Waals surface area contributed by atoms with Gasteiger partial charge >= 0.3 is 0 Å². The fourth-order valence-electron chi connectivity index (χ4n) is 2.09. The molecule has 2 aromatic rings. The molecule has 0 aliphatic heterocycles. The van der Waals surface area contributed by atoms with E-state index < -0.39 is 21.7 Å². The fourth-order valence-corrected chi connectivity index (χ4v) is 2.65. The van der Waals surface area contributed by atoms with Crippen LogP contribution in [-0.2, 0) is 14.8 Å². The number of amides is 1. The third-order valence-electron chi connectivity index (χ3n) is 3.37. The van der Waals surface area contributed by atoms with Gasteiger partial charge in [-0.3, -0.25) is 4.79 Å². The van der Waals surface area contributed by atoms with Crippen molar-refractivity contribution in [1.29, 1.82) is 0 Å². The summed E-state index contributed by atoms with van der Waals surface area (Å²) in [7, 11) is -2.36.